The third-order valence-corrected chi connectivity index (χ3v) is 18.9. The Bertz CT molecular complexity index is 3070. The third kappa shape index (κ3) is 14.7. The zero-order valence-corrected chi connectivity index (χ0v) is 46.9. The molecule has 0 spiro atoms. The summed E-state index contributed by atoms with van der Waals surface area (Å²) in [6, 6.07) is 49.2. The number of hydrogen-bond acceptors (Lipinski definition) is 17. The molecule has 2 fully saturated rings. The van der Waals surface area contributed by atoms with Crippen molar-refractivity contribution in [1.29, 1.82) is 0 Å². The fourth-order valence-electron chi connectivity index (χ4n) is 10.00. The van der Waals surface area contributed by atoms with Gasteiger partial charge in [0.2, 0.25) is 5.91 Å². The second-order valence-corrected chi connectivity index (χ2v) is 25.0. The van der Waals surface area contributed by atoms with Crippen molar-refractivity contribution >= 4 is 60.2 Å². The molecule has 0 unspecified atom stereocenters. The molecule has 2 aliphatic heterocycles. The Balaban J connectivity index is 1.28. The van der Waals surface area contributed by atoms with Gasteiger partial charge in [-0.25, -0.2) is 19.2 Å². The van der Waals surface area contributed by atoms with Crippen LogP contribution in [0, 0.1) is 0 Å². The second-order valence-electron chi connectivity index (χ2n) is 20.7. The van der Waals surface area contributed by atoms with Gasteiger partial charge >= 0.3 is 29.8 Å². The summed E-state index contributed by atoms with van der Waals surface area (Å²) in [6.45, 7) is 7.50. The summed E-state index contributed by atoms with van der Waals surface area (Å²) in [5.41, 5.74) is 0.344. The zero-order chi connectivity index (χ0) is 58.4. The quantitative estimate of drug-likeness (QED) is 0.0408. The maximum atomic E-state index is 14.4. The van der Waals surface area contributed by atoms with Crippen LogP contribution in [0.25, 0.3) is 0 Å². The van der Waals surface area contributed by atoms with Crippen LogP contribution in [0.1, 0.15) is 88.9 Å². The van der Waals surface area contributed by atoms with Crippen LogP contribution in [0.4, 0.5) is 0 Å². The van der Waals surface area contributed by atoms with Crippen LogP contribution in [0.3, 0.4) is 0 Å². The lowest BCUT2D eigenvalue weighted by Gasteiger charge is -2.47. The van der Waals surface area contributed by atoms with Crippen LogP contribution in [0.2, 0.25) is 5.04 Å². The Labute approximate surface area is 476 Å². The van der Waals surface area contributed by atoms with Gasteiger partial charge in [0.1, 0.15) is 36.7 Å². The van der Waals surface area contributed by atoms with Gasteiger partial charge in [-0.15, -0.1) is 0 Å². The largest absolute Gasteiger partial charge is 0.458 e. The minimum atomic E-state index is -3.48. The molecule has 0 bridgehead atoms. The van der Waals surface area contributed by atoms with Crippen molar-refractivity contribution in [2.45, 2.75) is 114 Å². The summed E-state index contributed by atoms with van der Waals surface area (Å²) in [6.07, 6.45) is -16.4. The van der Waals surface area contributed by atoms with Gasteiger partial charge in [-0.1, -0.05) is 154 Å². The molecule has 2 N–H and O–H groups in total. The van der Waals surface area contributed by atoms with E-state index in [4.69, 9.17) is 42.3 Å². The summed E-state index contributed by atoms with van der Waals surface area (Å²) in [7, 11) is -3.48. The van der Waals surface area contributed by atoms with Crippen LogP contribution in [0.15, 0.2) is 182 Å². The number of amides is 1. The highest BCUT2D eigenvalue weighted by Crippen LogP contribution is 2.40. The molecule has 0 radical (unpaired) electrons. The molecule has 82 heavy (non-hydrogen) atoms. The van der Waals surface area contributed by atoms with E-state index in [-0.39, 0.29) is 41.1 Å². The molecule has 19 heteroatoms. The van der Waals surface area contributed by atoms with Crippen molar-refractivity contribution in [2.75, 3.05) is 13.2 Å². The lowest BCUT2D eigenvalue weighted by atomic mass is 9.96. The van der Waals surface area contributed by atoms with Gasteiger partial charge in [-0.3, -0.25) is 9.59 Å². The van der Waals surface area contributed by atoms with Gasteiger partial charge in [0, 0.05) is 13.3 Å². The molecule has 18 nitrogen and oxygen atoms in total. The second kappa shape index (κ2) is 27.5. The highest BCUT2D eigenvalue weighted by atomic mass is 28.4. The van der Waals surface area contributed by atoms with Crippen molar-refractivity contribution in [1.82, 2.24) is 5.32 Å². The lowest BCUT2D eigenvalue weighted by molar-refractivity contribution is -0.299. The molecule has 8 rings (SSSR count). The van der Waals surface area contributed by atoms with E-state index in [1.165, 1.54) is 62.4 Å². The zero-order valence-electron chi connectivity index (χ0n) is 45.9. The molecular weight excluding hydrogens is 1070 g/mol. The maximum Gasteiger partial charge on any atom is 0.338 e. The van der Waals surface area contributed by atoms with E-state index >= 15 is 0 Å². The van der Waals surface area contributed by atoms with Gasteiger partial charge in [0.25, 0.3) is 8.32 Å². The number of Topliss-reactive ketones (excluding diaryl/α,β-unsaturated/α-hetero) is 1. The number of benzene rings is 6. The van der Waals surface area contributed by atoms with Crippen LogP contribution in [-0.4, -0.2) is 130 Å². The Kier molecular flexibility index (Phi) is 20.1. The van der Waals surface area contributed by atoms with E-state index in [1.54, 1.807) is 72.8 Å². The Morgan fingerprint density at radius 2 is 1.00 bits per heavy atom. The number of aliphatic hydroxyl groups excluding tert-OH is 1. The first-order valence-corrected chi connectivity index (χ1v) is 28.7. The van der Waals surface area contributed by atoms with Gasteiger partial charge in [0.15, 0.2) is 37.0 Å². The molecular formula is C63H65NO17Si. The number of hydrogen-bond donors (Lipinski definition) is 2. The molecule has 1 amide bonds. The number of carbonyl (C=O) groups excluding carboxylic acids is 7. The summed E-state index contributed by atoms with van der Waals surface area (Å²) >= 11 is 0. The highest BCUT2D eigenvalue weighted by Gasteiger charge is 2.59. The molecule has 0 aromatic heterocycles. The number of esters is 5. The first-order valence-electron chi connectivity index (χ1n) is 26.8. The average molecular weight is 1140 g/mol. The predicted molar refractivity (Wildman–Crippen MR) is 299 cm³/mol. The molecule has 10 atom stereocenters. The van der Waals surface area contributed by atoms with Gasteiger partial charge in [-0.2, -0.15) is 0 Å². The van der Waals surface area contributed by atoms with Gasteiger partial charge in [-0.05, 0) is 70.9 Å². The van der Waals surface area contributed by atoms with Crippen LogP contribution in [-0.2, 0) is 56.7 Å². The van der Waals surface area contributed by atoms with E-state index in [9.17, 15) is 38.7 Å². The molecule has 2 saturated heterocycles. The van der Waals surface area contributed by atoms with E-state index in [1.807, 2.05) is 81.4 Å². The van der Waals surface area contributed by atoms with Gasteiger partial charge < -0.3 is 57.5 Å². The lowest BCUT2D eigenvalue weighted by Crippen LogP contribution is -2.70. The Morgan fingerprint density at radius 3 is 1.46 bits per heavy atom. The van der Waals surface area contributed by atoms with Crippen molar-refractivity contribution < 1.29 is 81.0 Å². The minimum absolute atomic E-state index is 0.0434. The fraction of sp³-hybridized carbons (Fsp3) is 0.317. The highest BCUT2D eigenvalue weighted by molar-refractivity contribution is 6.99. The van der Waals surface area contributed by atoms with E-state index < -0.39 is 123 Å². The van der Waals surface area contributed by atoms with Gasteiger partial charge in [0.05, 0.1) is 35.3 Å². The molecule has 2 aliphatic rings. The fourth-order valence-corrected chi connectivity index (χ4v) is 14.6. The SMILES string of the molecule is CC(=O)CCC(=O)O[C@H]1[C@H](O[C@H]2[C@H](OC(=O)c3ccccc3)[C@@H](NC(C)=O)[C@@H](O)O[C@@H]2CO[Si](c2ccccc2)(c2ccccc2)C(C)(C)C)O[C@@H]([C@@H](COC(=O)c2ccccc2)OC(=O)c2ccccc2)[C@@H]1OC(=O)c1ccccc1. The van der Waals surface area contributed by atoms with Crippen molar-refractivity contribution in [2.24, 2.45) is 0 Å². The van der Waals surface area contributed by atoms with Crippen LogP contribution >= 0.6 is 0 Å². The molecule has 428 valence electrons. The average Bonchev–Trinajstić information content (AvgIpc) is 2.43. The number of ether oxygens (including phenoxy) is 8. The molecule has 2 heterocycles. The molecule has 0 saturated carbocycles. The molecule has 6 aromatic rings. The number of aliphatic hydroxyl groups is 1. The van der Waals surface area contributed by atoms with Crippen LogP contribution < -0.4 is 15.7 Å². The third-order valence-electron chi connectivity index (χ3n) is 13.9. The predicted octanol–water partition coefficient (Wildman–Crippen LogP) is 6.71. The van der Waals surface area contributed by atoms with Crippen molar-refractivity contribution in [3.8, 4) is 0 Å². The van der Waals surface area contributed by atoms with E-state index in [0.717, 1.165) is 10.4 Å². The topological polar surface area (TPSA) is 235 Å². The molecule has 6 aromatic carbocycles. The van der Waals surface area contributed by atoms with Crippen LogP contribution in [0.5, 0.6) is 0 Å². The summed E-state index contributed by atoms with van der Waals surface area (Å²) < 4.78 is 58.3. The summed E-state index contributed by atoms with van der Waals surface area (Å²) in [5, 5.41) is 15.8. The Hall–Kier alpha value is -8.17. The first-order chi connectivity index (χ1) is 39.4. The Morgan fingerprint density at radius 1 is 0.549 bits per heavy atom. The standard InChI is InChI=1S/C63H65NO17Si/c1-40(65)36-37-50(67)77-56-55(79-60(71)45-30-18-9-19-31-45)53(48(75-58(69)43-26-14-7-15-27-43)38-73-57(68)42-24-12-6-13-25-42)81-62(56)80-52-49(76-61(72)51(64-41(2)66)54(52)78-59(70)44-28-16-8-17-29-44)39-74-82(63(3,4)5,46-32-20-10-21-33-46)47-34-22-11-23-35-47/h6-35,48-49,51-56,61-62,72H,36-39H2,1-5H3,(H,64,66)/t48-,49-,51-,52-,53+,54-,55+,56-,61+,62-/m1/s1. The maximum absolute atomic E-state index is 14.4. The van der Waals surface area contributed by atoms with Crippen molar-refractivity contribution in [3.63, 3.8) is 0 Å². The number of ketones is 1. The van der Waals surface area contributed by atoms with E-state index in [0.29, 0.717) is 0 Å². The number of nitrogens with one attached hydrogen (secondary N) is 1. The summed E-state index contributed by atoms with van der Waals surface area (Å²) in [5.74, 6) is -5.60. The number of carbonyl (C=O) groups is 7. The van der Waals surface area contributed by atoms with Crippen molar-refractivity contribution in [3.05, 3.63) is 204 Å². The number of rotatable bonds is 22. The monoisotopic (exact) mass is 1140 g/mol. The minimum Gasteiger partial charge on any atom is -0.458 e. The first kappa shape index (κ1) is 59.9. The normalized spacial score (nSPS) is 21.9. The molecule has 0 aliphatic carbocycles. The smallest absolute Gasteiger partial charge is 0.338 e. The summed E-state index contributed by atoms with van der Waals surface area (Å²) in [4.78, 5) is 96.1. The van der Waals surface area contributed by atoms with E-state index in [2.05, 4.69) is 5.32 Å².